The van der Waals surface area contributed by atoms with Crippen LogP contribution < -0.4 is 5.32 Å². The molecule has 0 spiro atoms. The average Bonchev–Trinajstić information content (AvgIpc) is 2.35. The molecule has 0 radical (unpaired) electrons. The number of aliphatic hydroxyl groups excluding tert-OH is 2. The number of nitrogens with one attached hydrogen (secondary N) is 1. The predicted molar refractivity (Wildman–Crippen MR) is 65.1 cm³/mol. The molecule has 4 heteroatoms. The fourth-order valence-electron chi connectivity index (χ4n) is 1.71. The summed E-state index contributed by atoms with van der Waals surface area (Å²) in [5.74, 6) is -0.316. The molecule has 0 saturated carbocycles. The third-order valence-electron chi connectivity index (χ3n) is 2.90. The summed E-state index contributed by atoms with van der Waals surface area (Å²) in [6.07, 6.45) is 0.0768. The van der Waals surface area contributed by atoms with Crippen molar-refractivity contribution in [2.24, 2.45) is 0 Å². The SMILES string of the molecule is CCC(CO)NC(C)C(O)c1ccc(F)cc1. The van der Waals surface area contributed by atoms with E-state index in [4.69, 9.17) is 5.11 Å². The van der Waals surface area contributed by atoms with Crippen LogP contribution in [0.5, 0.6) is 0 Å². The minimum Gasteiger partial charge on any atom is -0.395 e. The Morgan fingerprint density at radius 3 is 2.35 bits per heavy atom. The van der Waals surface area contributed by atoms with E-state index < -0.39 is 6.10 Å². The molecule has 0 amide bonds. The third-order valence-corrected chi connectivity index (χ3v) is 2.90. The van der Waals surface area contributed by atoms with Crippen molar-refractivity contribution in [2.75, 3.05) is 6.61 Å². The molecule has 3 atom stereocenters. The van der Waals surface area contributed by atoms with Crippen molar-refractivity contribution in [3.8, 4) is 0 Å². The van der Waals surface area contributed by atoms with E-state index in [1.165, 1.54) is 12.1 Å². The molecule has 0 aliphatic carbocycles. The number of hydrogen-bond acceptors (Lipinski definition) is 3. The molecule has 3 unspecified atom stereocenters. The molecular formula is C13H20FNO2. The van der Waals surface area contributed by atoms with Crippen LogP contribution in [0.3, 0.4) is 0 Å². The van der Waals surface area contributed by atoms with Gasteiger partial charge in [0, 0.05) is 12.1 Å². The van der Waals surface area contributed by atoms with Crippen LogP contribution in [0.25, 0.3) is 0 Å². The largest absolute Gasteiger partial charge is 0.395 e. The molecule has 0 saturated heterocycles. The Morgan fingerprint density at radius 1 is 1.29 bits per heavy atom. The first-order chi connectivity index (χ1) is 8.08. The summed E-state index contributed by atoms with van der Waals surface area (Å²) in [6, 6.07) is 5.57. The Morgan fingerprint density at radius 2 is 1.88 bits per heavy atom. The lowest BCUT2D eigenvalue weighted by molar-refractivity contribution is 0.118. The molecule has 3 nitrogen and oxygen atoms in total. The highest BCUT2D eigenvalue weighted by atomic mass is 19.1. The lowest BCUT2D eigenvalue weighted by atomic mass is 10.0. The highest BCUT2D eigenvalue weighted by Gasteiger charge is 2.18. The van der Waals surface area contributed by atoms with Gasteiger partial charge in [-0.1, -0.05) is 19.1 Å². The van der Waals surface area contributed by atoms with Crippen LogP contribution in [0.1, 0.15) is 31.9 Å². The van der Waals surface area contributed by atoms with E-state index >= 15 is 0 Å². The van der Waals surface area contributed by atoms with Crippen molar-refractivity contribution < 1.29 is 14.6 Å². The van der Waals surface area contributed by atoms with E-state index in [2.05, 4.69) is 5.32 Å². The van der Waals surface area contributed by atoms with E-state index in [9.17, 15) is 9.50 Å². The van der Waals surface area contributed by atoms with Gasteiger partial charge in [0.05, 0.1) is 12.7 Å². The molecule has 17 heavy (non-hydrogen) atoms. The van der Waals surface area contributed by atoms with Gasteiger partial charge in [-0.15, -0.1) is 0 Å². The van der Waals surface area contributed by atoms with Crippen molar-refractivity contribution in [3.05, 3.63) is 35.6 Å². The molecule has 3 N–H and O–H groups in total. The van der Waals surface area contributed by atoms with Crippen LogP contribution in [0.2, 0.25) is 0 Å². The molecule has 1 aromatic carbocycles. The van der Waals surface area contributed by atoms with Crippen molar-refractivity contribution >= 4 is 0 Å². The van der Waals surface area contributed by atoms with Gasteiger partial charge in [0.15, 0.2) is 0 Å². The maximum Gasteiger partial charge on any atom is 0.123 e. The zero-order valence-electron chi connectivity index (χ0n) is 10.2. The summed E-state index contributed by atoms with van der Waals surface area (Å²) in [7, 11) is 0. The van der Waals surface area contributed by atoms with Gasteiger partial charge in [0.1, 0.15) is 5.82 Å². The van der Waals surface area contributed by atoms with E-state index in [1.807, 2.05) is 13.8 Å². The number of aliphatic hydroxyl groups is 2. The van der Waals surface area contributed by atoms with Gasteiger partial charge in [0.25, 0.3) is 0 Å². The van der Waals surface area contributed by atoms with E-state index in [0.29, 0.717) is 5.56 Å². The summed E-state index contributed by atoms with van der Waals surface area (Å²) in [6.45, 7) is 3.84. The zero-order chi connectivity index (χ0) is 12.8. The highest BCUT2D eigenvalue weighted by Crippen LogP contribution is 2.17. The first-order valence-electron chi connectivity index (χ1n) is 5.89. The minimum atomic E-state index is -0.712. The molecule has 1 aromatic rings. The predicted octanol–water partition coefficient (Wildman–Crippen LogP) is 1.61. The Kier molecular flexibility index (Phi) is 5.55. The Labute approximate surface area is 101 Å². The third kappa shape index (κ3) is 4.07. The van der Waals surface area contributed by atoms with Crippen molar-refractivity contribution in [1.29, 1.82) is 0 Å². The van der Waals surface area contributed by atoms with Gasteiger partial charge in [0.2, 0.25) is 0 Å². The standard InChI is InChI=1S/C13H20FNO2/c1-3-12(8-16)15-9(2)13(17)10-4-6-11(14)7-5-10/h4-7,9,12-13,15-17H,3,8H2,1-2H3. The molecule has 0 aliphatic rings. The second-order valence-electron chi connectivity index (χ2n) is 4.24. The maximum absolute atomic E-state index is 12.7. The Bertz CT molecular complexity index is 325. The number of rotatable bonds is 6. The van der Waals surface area contributed by atoms with Gasteiger partial charge >= 0.3 is 0 Å². The van der Waals surface area contributed by atoms with Gasteiger partial charge < -0.3 is 15.5 Å². The van der Waals surface area contributed by atoms with Crippen molar-refractivity contribution in [3.63, 3.8) is 0 Å². The fourth-order valence-corrected chi connectivity index (χ4v) is 1.71. The molecule has 96 valence electrons. The van der Waals surface area contributed by atoms with Crippen LogP contribution in [-0.2, 0) is 0 Å². The normalized spacial score (nSPS) is 16.5. The first-order valence-corrected chi connectivity index (χ1v) is 5.89. The van der Waals surface area contributed by atoms with E-state index in [1.54, 1.807) is 12.1 Å². The number of hydrogen-bond donors (Lipinski definition) is 3. The number of halogens is 1. The monoisotopic (exact) mass is 241 g/mol. The van der Waals surface area contributed by atoms with Crippen LogP contribution >= 0.6 is 0 Å². The molecule has 0 bridgehead atoms. The maximum atomic E-state index is 12.7. The summed E-state index contributed by atoms with van der Waals surface area (Å²) in [5.41, 5.74) is 0.666. The summed E-state index contributed by atoms with van der Waals surface area (Å²) in [4.78, 5) is 0. The zero-order valence-corrected chi connectivity index (χ0v) is 10.2. The first kappa shape index (κ1) is 14.1. The molecule has 0 fully saturated rings. The van der Waals surface area contributed by atoms with Gasteiger partial charge in [-0.3, -0.25) is 0 Å². The summed E-state index contributed by atoms with van der Waals surface area (Å²) >= 11 is 0. The molecule has 0 aliphatic heterocycles. The van der Waals surface area contributed by atoms with Crippen LogP contribution in [-0.4, -0.2) is 28.9 Å². The minimum absolute atomic E-state index is 0.0277. The van der Waals surface area contributed by atoms with Crippen LogP contribution in [0.15, 0.2) is 24.3 Å². The smallest absolute Gasteiger partial charge is 0.123 e. The molecule has 0 aromatic heterocycles. The van der Waals surface area contributed by atoms with Gasteiger partial charge in [-0.25, -0.2) is 4.39 Å². The lowest BCUT2D eigenvalue weighted by Crippen LogP contribution is -2.41. The molecule has 0 heterocycles. The molecular weight excluding hydrogens is 221 g/mol. The van der Waals surface area contributed by atoms with Crippen LogP contribution in [0, 0.1) is 5.82 Å². The second kappa shape index (κ2) is 6.69. The van der Waals surface area contributed by atoms with Crippen LogP contribution in [0.4, 0.5) is 4.39 Å². The highest BCUT2D eigenvalue weighted by molar-refractivity contribution is 5.19. The van der Waals surface area contributed by atoms with Gasteiger partial charge in [-0.05, 0) is 31.0 Å². The number of benzene rings is 1. The summed E-state index contributed by atoms with van der Waals surface area (Å²) < 4.78 is 12.7. The van der Waals surface area contributed by atoms with Crippen molar-refractivity contribution in [1.82, 2.24) is 5.32 Å². The Balaban J connectivity index is 2.62. The summed E-state index contributed by atoms with van der Waals surface area (Å²) in [5, 5.41) is 22.3. The topological polar surface area (TPSA) is 52.5 Å². The quantitative estimate of drug-likeness (QED) is 0.709. The lowest BCUT2D eigenvalue weighted by Gasteiger charge is -2.25. The van der Waals surface area contributed by atoms with E-state index in [0.717, 1.165) is 6.42 Å². The average molecular weight is 241 g/mol. The molecule has 1 rings (SSSR count). The second-order valence-corrected chi connectivity index (χ2v) is 4.24. The fraction of sp³-hybridized carbons (Fsp3) is 0.538. The van der Waals surface area contributed by atoms with Gasteiger partial charge in [-0.2, -0.15) is 0 Å². The van der Waals surface area contributed by atoms with E-state index in [-0.39, 0.29) is 24.5 Å². The van der Waals surface area contributed by atoms with Crippen molar-refractivity contribution in [2.45, 2.75) is 38.5 Å². The Hall–Kier alpha value is -0.970.